The van der Waals surface area contributed by atoms with Gasteiger partial charge in [0, 0.05) is 13.2 Å². The van der Waals surface area contributed by atoms with Crippen LogP contribution in [0.4, 0.5) is 0 Å². The highest BCUT2D eigenvalue weighted by Crippen LogP contribution is 2.58. The molecule has 1 aromatic rings. The lowest BCUT2D eigenvalue weighted by atomic mass is 9.72. The van der Waals surface area contributed by atoms with Gasteiger partial charge in [0.25, 0.3) is 0 Å². The first kappa shape index (κ1) is 11.2. The summed E-state index contributed by atoms with van der Waals surface area (Å²) >= 11 is 0. The van der Waals surface area contributed by atoms with Crippen LogP contribution in [0.1, 0.15) is 24.3 Å². The number of rotatable bonds is 3. The fraction of sp³-hybridized carbons (Fsp3) is 0.600. The molecule has 2 aliphatic carbocycles. The van der Waals surface area contributed by atoms with E-state index in [2.05, 4.69) is 30.3 Å². The molecule has 0 aliphatic heterocycles. The standard InChI is InChI=1S/C15H20O2/c16-8-14-11-6-12(10-4-2-1-3-5-10)13(7-11)15(14)9-17/h1-5,11-17H,6-9H2/t11?,12?,13?,14-,15+/m1/s1. The van der Waals surface area contributed by atoms with Crippen molar-refractivity contribution in [3.05, 3.63) is 35.9 Å². The molecule has 2 fully saturated rings. The molecule has 2 aliphatic rings. The minimum Gasteiger partial charge on any atom is -0.396 e. The summed E-state index contributed by atoms with van der Waals surface area (Å²) in [4.78, 5) is 0. The second-order valence-electron chi connectivity index (χ2n) is 5.61. The number of hydrogen-bond donors (Lipinski definition) is 2. The summed E-state index contributed by atoms with van der Waals surface area (Å²) in [5, 5.41) is 19.0. The van der Waals surface area contributed by atoms with Gasteiger partial charge < -0.3 is 10.2 Å². The molecule has 0 spiro atoms. The molecule has 0 heterocycles. The quantitative estimate of drug-likeness (QED) is 0.837. The van der Waals surface area contributed by atoms with Crippen molar-refractivity contribution in [2.45, 2.75) is 18.8 Å². The molecule has 0 aromatic heterocycles. The summed E-state index contributed by atoms with van der Waals surface area (Å²) in [6.07, 6.45) is 2.38. The van der Waals surface area contributed by atoms with Crippen molar-refractivity contribution >= 4 is 0 Å². The van der Waals surface area contributed by atoms with E-state index in [1.54, 1.807) is 0 Å². The average molecular weight is 232 g/mol. The Balaban J connectivity index is 1.84. The molecule has 2 N–H and O–H groups in total. The third kappa shape index (κ3) is 1.71. The van der Waals surface area contributed by atoms with Gasteiger partial charge >= 0.3 is 0 Å². The largest absolute Gasteiger partial charge is 0.396 e. The molecule has 17 heavy (non-hydrogen) atoms. The van der Waals surface area contributed by atoms with Gasteiger partial charge in [-0.1, -0.05) is 30.3 Å². The third-order valence-corrected chi connectivity index (χ3v) is 5.00. The Hall–Kier alpha value is -0.860. The van der Waals surface area contributed by atoms with Crippen molar-refractivity contribution in [3.63, 3.8) is 0 Å². The van der Waals surface area contributed by atoms with E-state index in [4.69, 9.17) is 0 Å². The lowest BCUT2D eigenvalue weighted by molar-refractivity contribution is 0.0704. The van der Waals surface area contributed by atoms with Crippen LogP contribution < -0.4 is 0 Å². The van der Waals surface area contributed by atoms with Gasteiger partial charge in [-0.15, -0.1) is 0 Å². The van der Waals surface area contributed by atoms with Gasteiger partial charge in [-0.2, -0.15) is 0 Å². The van der Waals surface area contributed by atoms with Gasteiger partial charge in [-0.25, -0.2) is 0 Å². The van der Waals surface area contributed by atoms with E-state index in [-0.39, 0.29) is 13.2 Å². The first-order valence-corrected chi connectivity index (χ1v) is 6.61. The lowest BCUT2D eigenvalue weighted by Crippen LogP contribution is -2.31. The van der Waals surface area contributed by atoms with Crippen molar-refractivity contribution in [2.24, 2.45) is 23.7 Å². The number of aliphatic hydroxyl groups is 2. The second kappa shape index (κ2) is 4.43. The lowest BCUT2D eigenvalue weighted by Gasteiger charge is -2.34. The Labute approximate surface area is 102 Å². The maximum absolute atomic E-state index is 9.54. The molecular weight excluding hydrogens is 212 g/mol. The second-order valence-corrected chi connectivity index (χ2v) is 5.61. The van der Waals surface area contributed by atoms with E-state index in [0.29, 0.717) is 29.6 Å². The summed E-state index contributed by atoms with van der Waals surface area (Å²) in [6, 6.07) is 10.6. The number of aliphatic hydroxyl groups excluding tert-OH is 2. The zero-order chi connectivity index (χ0) is 11.8. The summed E-state index contributed by atoms with van der Waals surface area (Å²) in [7, 11) is 0. The van der Waals surface area contributed by atoms with Crippen LogP contribution in [0, 0.1) is 23.7 Å². The van der Waals surface area contributed by atoms with Crippen molar-refractivity contribution in [3.8, 4) is 0 Å². The Kier molecular flexibility index (Phi) is 2.93. The van der Waals surface area contributed by atoms with Crippen molar-refractivity contribution < 1.29 is 10.2 Å². The first-order valence-electron chi connectivity index (χ1n) is 6.61. The SMILES string of the molecule is OC[C@@H]1C2CC(c3ccccc3)C(C2)[C@@H]1CO. The highest BCUT2D eigenvalue weighted by molar-refractivity contribution is 5.24. The molecular formula is C15H20O2. The van der Waals surface area contributed by atoms with Crippen LogP contribution in [0.3, 0.4) is 0 Å². The summed E-state index contributed by atoms with van der Waals surface area (Å²) in [5.41, 5.74) is 1.41. The van der Waals surface area contributed by atoms with E-state index in [9.17, 15) is 10.2 Å². The van der Waals surface area contributed by atoms with Gasteiger partial charge in [0.2, 0.25) is 0 Å². The Morgan fingerprint density at radius 2 is 1.65 bits per heavy atom. The maximum atomic E-state index is 9.54. The predicted octanol–water partition coefficient (Wildman–Crippen LogP) is 2.03. The van der Waals surface area contributed by atoms with E-state index in [1.165, 1.54) is 18.4 Å². The highest BCUT2D eigenvalue weighted by atomic mass is 16.3. The Morgan fingerprint density at radius 3 is 2.29 bits per heavy atom. The fourth-order valence-corrected chi connectivity index (χ4v) is 4.24. The maximum Gasteiger partial charge on any atom is 0.0465 e. The van der Waals surface area contributed by atoms with Crippen LogP contribution in [0.5, 0.6) is 0 Å². The molecule has 0 amide bonds. The number of benzene rings is 1. The van der Waals surface area contributed by atoms with Crippen molar-refractivity contribution in [2.75, 3.05) is 13.2 Å². The molecule has 5 atom stereocenters. The molecule has 2 nitrogen and oxygen atoms in total. The molecule has 3 unspecified atom stereocenters. The molecule has 1 aromatic carbocycles. The smallest absolute Gasteiger partial charge is 0.0465 e. The van der Waals surface area contributed by atoms with Crippen LogP contribution >= 0.6 is 0 Å². The molecule has 92 valence electrons. The minimum atomic E-state index is 0.232. The first-order chi connectivity index (χ1) is 8.35. The van der Waals surface area contributed by atoms with Gasteiger partial charge in [0.1, 0.15) is 0 Å². The van der Waals surface area contributed by atoms with Crippen LogP contribution in [-0.2, 0) is 0 Å². The van der Waals surface area contributed by atoms with E-state index in [0.717, 1.165) is 0 Å². The van der Waals surface area contributed by atoms with E-state index in [1.807, 2.05) is 0 Å². The molecule has 0 radical (unpaired) electrons. The summed E-state index contributed by atoms with van der Waals surface area (Å²) in [5.74, 6) is 2.44. The molecule has 0 saturated heterocycles. The number of fused-ring (bicyclic) bond motifs is 2. The van der Waals surface area contributed by atoms with Gasteiger partial charge in [0.05, 0.1) is 0 Å². The van der Waals surface area contributed by atoms with E-state index >= 15 is 0 Å². The minimum absolute atomic E-state index is 0.232. The van der Waals surface area contributed by atoms with Crippen LogP contribution in [0.15, 0.2) is 30.3 Å². The highest BCUT2D eigenvalue weighted by Gasteiger charge is 2.51. The fourth-order valence-electron chi connectivity index (χ4n) is 4.24. The Bertz CT molecular complexity index is 376. The Morgan fingerprint density at radius 1 is 0.941 bits per heavy atom. The molecule has 2 saturated carbocycles. The predicted molar refractivity (Wildman–Crippen MR) is 66.5 cm³/mol. The third-order valence-electron chi connectivity index (χ3n) is 5.00. The monoisotopic (exact) mass is 232 g/mol. The molecule has 3 rings (SSSR count). The van der Waals surface area contributed by atoms with Crippen LogP contribution in [0.2, 0.25) is 0 Å². The van der Waals surface area contributed by atoms with Gasteiger partial charge in [-0.05, 0) is 48.0 Å². The molecule has 2 heteroatoms. The van der Waals surface area contributed by atoms with Crippen molar-refractivity contribution in [1.82, 2.24) is 0 Å². The van der Waals surface area contributed by atoms with Crippen LogP contribution in [0.25, 0.3) is 0 Å². The normalized spacial score (nSPS) is 39.8. The average Bonchev–Trinajstić information content (AvgIpc) is 2.96. The zero-order valence-corrected chi connectivity index (χ0v) is 10.00. The topological polar surface area (TPSA) is 40.5 Å². The van der Waals surface area contributed by atoms with Crippen molar-refractivity contribution in [1.29, 1.82) is 0 Å². The van der Waals surface area contributed by atoms with Crippen LogP contribution in [-0.4, -0.2) is 23.4 Å². The van der Waals surface area contributed by atoms with Gasteiger partial charge in [-0.3, -0.25) is 0 Å². The van der Waals surface area contributed by atoms with Gasteiger partial charge in [0.15, 0.2) is 0 Å². The molecule has 2 bridgehead atoms. The number of hydrogen-bond acceptors (Lipinski definition) is 2. The summed E-state index contributed by atoms with van der Waals surface area (Å²) in [6.45, 7) is 0.476. The van der Waals surface area contributed by atoms with E-state index < -0.39 is 0 Å². The zero-order valence-electron chi connectivity index (χ0n) is 10.00. The summed E-state index contributed by atoms with van der Waals surface area (Å²) < 4.78 is 0.